The fourth-order valence-corrected chi connectivity index (χ4v) is 6.96. The first-order valence-electron chi connectivity index (χ1n) is 9.39. The van der Waals surface area contributed by atoms with Crippen molar-refractivity contribution in [2.45, 2.75) is 31.0 Å². The van der Waals surface area contributed by atoms with Crippen LogP contribution in [0.25, 0.3) is 11.2 Å². The van der Waals surface area contributed by atoms with Crippen LogP contribution in [0.1, 0.15) is 12.6 Å². The summed E-state index contributed by atoms with van der Waals surface area (Å²) >= 11 is 0. The van der Waals surface area contributed by atoms with E-state index in [1.165, 1.54) is 10.9 Å². The van der Waals surface area contributed by atoms with Gasteiger partial charge in [0.05, 0.1) is 12.9 Å². The lowest BCUT2D eigenvalue weighted by molar-refractivity contribution is -0.246. The molecule has 3 heterocycles. The van der Waals surface area contributed by atoms with Crippen LogP contribution >= 0.6 is 23.2 Å². The molecule has 0 aromatic carbocycles. The van der Waals surface area contributed by atoms with Crippen molar-refractivity contribution < 1.29 is 56.5 Å². The summed E-state index contributed by atoms with van der Waals surface area (Å²) in [6.45, 7) is -1.10. The number of phosphoric acid groups is 2. The molecule has 3 rings (SSSR count). The van der Waals surface area contributed by atoms with Gasteiger partial charge in [0.25, 0.3) is 15.6 Å². The zero-order valence-electron chi connectivity index (χ0n) is 17.1. The van der Waals surface area contributed by atoms with E-state index in [0.29, 0.717) is 0 Å². The minimum atomic E-state index is -5.91. The lowest BCUT2D eigenvalue weighted by Gasteiger charge is -2.35. The van der Waals surface area contributed by atoms with E-state index in [0.717, 1.165) is 6.33 Å². The highest BCUT2D eigenvalue weighted by atomic mass is 31.3. The molecule has 6 N–H and O–H groups in total. The molecular formula is C13H20N6O12P3-3. The van der Waals surface area contributed by atoms with Gasteiger partial charge in [-0.15, -0.1) is 0 Å². The van der Waals surface area contributed by atoms with Gasteiger partial charge in [0.15, 0.2) is 17.7 Å². The standard InChI is InChI=1S/C13H23N6O12P3/c14-2-1-3-32(22,23)30-34(26,27)31-33(24,25)28-4-7-9(20)10(21)13(29-7)19-6-18-8-11(15)16-5-17-12(8)19/h5-7,9-10,13,20-21H,1-4,14H2,(H,22,23)(H,24,25)(H,26,27)(H2,15,16,17)/p-3/t7-,9?,10+,13-/m1/s1. The van der Waals surface area contributed by atoms with Crippen LogP contribution in [0.5, 0.6) is 0 Å². The molecule has 4 unspecified atom stereocenters. The molecule has 0 amide bonds. The second-order valence-corrected chi connectivity index (χ2v) is 12.0. The molecule has 2 aromatic rings. The Balaban J connectivity index is 1.64. The Morgan fingerprint density at radius 1 is 1.09 bits per heavy atom. The molecule has 34 heavy (non-hydrogen) atoms. The van der Waals surface area contributed by atoms with E-state index in [1.807, 2.05) is 0 Å². The molecule has 1 aliphatic heterocycles. The molecule has 1 saturated heterocycles. The molecule has 1 aliphatic rings. The Bertz CT molecular complexity index is 1160. The summed E-state index contributed by atoms with van der Waals surface area (Å²) in [6, 6.07) is 0. The second kappa shape index (κ2) is 10.3. The second-order valence-electron chi connectivity index (χ2n) is 6.96. The van der Waals surface area contributed by atoms with E-state index in [-0.39, 0.29) is 29.9 Å². The van der Waals surface area contributed by atoms with Crippen LogP contribution in [0.15, 0.2) is 12.7 Å². The van der Waals surface area contributed by atoms with Crippen molar-refractivity contribution in [2.75, 3.05) is 25.0 Å². The van der Waals surface area contributed by atoms with Gasteiger partial charge in [-0.1, -0.05) is 0 Å². The molecule has 0 saturated carbocycles. The maximum Gasteiger partial charge on any atom is 0.279 e. The molecule has 192 valence electrons. The monoisotopic (exact) mass is 545 g/mol. The highest BCUT2D eigenvalue weighted by molar-refractivity contribution is 7.66. The lowest BCUT2D eigenvalue weighted by Crippen LogP contribution is -2.34. The lowest BCUT2D eigenvalue weighted by atomic mass is 10.1. The van der Waals surface area contributed by atoms with Crippen LogP contribution in [0.4, 0.5) is 5.82 Å². The van der Waals surface area contributed by atoms with Gasteiger partial charge in [-0.25, -0.2) is 19.3 Å². The predicted octanol–water partition coefficient (Wildman–Crippen LogP) is -3.08. The molecule has 0 bridgehead atoms. The van der Waals surface area contributed by atoms with Gasteiger partial charge >= 0.3 is 0 Å². The van der Waals surface area contributed by atoms with Crippen molar-refractivity contribution in [3.63, 3.8) is 0 Å². The van der Waals surface area contributed by atoms with Gasteiger partial charge in [0, 0.05) is 6.16 Å². The fraction of sp³-hybridized carbons (Fsp3) is 0.615. The average molecular weight is 545 g/mol. The summed E-state index contributed by atoms with van der Waals surface area (Å²) in [5, 5.41) is 20.5. The first-order valence-corrected chi connectivity index (χ1v) is 14.0. The maximum atomic E-state index is 11.9. The quantitative estimate of drug-likeness (QED) is 0.203. The minimum absolute atomic E-state index is 0.0380. The first kappa shape index (κ1) is 27.2. The van der Waals surface area contributed by atoms with E-state index in [4.69, 9.17) is 16.2 Å². The highest BCUT2D eigenvalue weighted by Crippen LogP contribution is 2.62. The van der Waals surface area contributed by atoms with Crippen LogP contribution in [0, 0.1) is 0 Å². The van der Waals surface area contributed by atoms with Crippen molar-refractivity contribution in [1.29, 1.82) is 0 Å². The van der Waals surface area contributed by atoms with Crippen molar-refractivity contribution in [3.8, 4) is 0 Å². The number of nitrogens with two attached hydrogens (primary N) is 2. The number of aliphatic hydroxyl groups is 2. The van der Waals surface area contributed by atoms with E-state index < -0.39 is 60.5 Å². The van der Waals surface area contributed by atoms with Gasteiger partial charge < -0.3 is 50.2 Å². The van der Waals surface area contributed by atoms with Crippen molar-refractivity contribution in [1.82, 2.24) is 19.5 Å². The molecule has 21 heteroatoms. The topological polar surface area (TPSA) is 293 Å². The minimum Gasteiger partial charge on any atom is -0.778 e. The van der Waals surface area contributed by atoms with E-state index in [1.54, 1.807) is 0 Å². The number of fused-ring (bicyclic) bond motifs is 1. The van der Waals surface area contributed by atoms with Gasteiger partial charge in [0.2, 0.25) is 0 Å². The summed E-state index contributed by atoms with van der Waals surface area (Å²) in [4.78, 5) is 46.8. The number of aliphatic hydroxyl groups excluding tert-OH is 2. The summed E-state index contributed by atoms with van der Waals surface area (Å²) in [6.07, 6.45) is -4.71. The largest absolute Gasteiger partial charge is 0.778 e. The van der Waals surface area contributed by atoms with E-state index >= 15 is 0 Å². The number of aromatic nitrogens is 4. The Hall–Kier alpha value is -1.36. The summed E-state index contributed by atoms with van der Waals surface area (Å²) in [7, 11) is -16.6. The molecule has 0 radical (unpaired) electrons. The smallest absolute Gasteiger partial charge is 0.279 e. The van der Waals surface area contributed by atoms with Crippen molar-refractivity contribution in [3.05, 3.63) is 12.7 Å². The average Bonchev–Trinajstić information content (AvgIpc) is 3.26. The van der Waals surface area contributed by atoms with Gasteiger partial charge in [-0.05, 0) is 13.0 Å². The normalized spacial score (nSPS) is 28.4. The number of nitrogen functional groups attached to an aromatic ring is 1. The summed E-state index contributed by atoms with van der Waals surface area (Å²) < 4.78 is 53.7. The van der Waals surface area contributed by atoms with Gasteiger partial charge in [0.1, 0.15) is 37.8 Å². The SMILES string of the molecule is NCCCP(=O)([O-])OP(=O)([O-])OP(=O)([O-])OC[C@H]1O[C@@H](n2cnc3c(N)ncnc32)[C@@H](O)C1O. The maximum absolute atomic E-state index is 11.9. The Labute approximate surface area is 191 Å². The Morgan fingerprint density at radius 2 is 1.79 bits per heavy atom. The zero-order chi connectivity index (χ0) is 25.3. The van der Waals surface area contributed by atoms with Crippen LogP contribution in [-0.2, 0) is 31.6 Å². The molecule has 18 nitrogen and oxygen atoms in total. The molecule has 0 aliphatic carbocycles. The number of hydrogen-bond acceptors (Lipinski definition) is 17. The number of hydrogen-bond donors (Lipinski definition) is 4. The van der Waals surface area contributed by atoms with E-state index in [2.05, 4.69) is 28.1 Å². The first-order chi connectivity index (χ1) is 15.8. The number of ether oxygens (including phenoxy) is 1. The van der Waals surface area contributed by atoms with Gasteiger partial charge in [-0.3, -0.25) is 18.0 Å². The third-order valence-corrected chi connectivity index (χ3v) is 9.18. The van der Waals surface area contributed by atoms with Crippen molar-refractivity contribution >= 4 is 40.2 Å². The zero-order valence-corrected chi connectivity index (χ0v) is 19.7. The molecule has 1 fully saturated rings. The van der Waals surface area contributed by atoms with Crippen LogP contribution in [0.3, 0.4) is 0 Å². The summed E-state index contributed by atoms with van der Waals surface area (Å²) in [5.41, 5.74) is 11.1. The molecule has 7 atom stereocenters. The Morgan fingerprint density at radius 3 is 2.47 bits per heavy atom. The fourth-order valence-electron chi connectivity index (χ4n) is 2.96. The third-order valence-electron chi connectivity index (χ3n) is 4.46. The van der Waals surface area contributed by atoms with Gasteiger partial charge in [-0.2, -0.15) is 0 Å². The van der Waals surface area contributed by atoms with Crippen LogP contribution < -0.4 is 26.1 Å². The number of rotatable bonds is 11. The van der Waals surface area contributed by atoms with Crippen LogP contribution in [-0.4, -0.2) is 67.4 Å². The number of phosphoric ester groups is 1. The predicted molar refractivity (Wildman–Crippen MR) is 105 cm³/mol. The number of nitrogens with zero attached hydrogens (tertiary/aromatic N) is 4. The van der Waals surface area contributed by atoms with E-state index in [9.17, 15) is 38.6 Å². The third kappa shape index (κ3) is 6.44. The molecule has 0 spiro atoms. The van der Waals surface area contributed by atoms with Crippen LogP contribution in [0.2, 0.25) is 0 Å². The molecule has 2 aromatic heterocycles. The summed E-state index contributed by atoms with van der Waals surface area (Å²) in [5.74, 6) is 0.0380. The highest BCUT2D eigenvalue weighted by Gasteiger charge is 2.45. The number of anilines is 1. The Kier molecular flexibility index (Phi) is 8.27. The molecular weight excluding hydrogens is 525 g/mol. The number of imidazole rings is 1. The van der Waals surface area contributed by atoms with Crippen molar-refractivity contribution in [2.24, 2.45) is 5.73 Å².